The zero-order valence-corrected chi connectivity index (χ0v) is 26.7. The van der Waals surface area contributed by atoms with E-state index in [4.69, 9.17) is 14.2 Å². The van der Waals surface area contributed by atoms with Gasteiger partial charge in [0.1, 0.15) is 11.6 Å². The summed E-state index contributed by atoms with van der Waals surface area (Å²) in [5.41, 5.74) is 0.954. The lowest BCUT2D eigenvalue weighted by Gasteiger charge is -2.41. The number of amides is 1. The Hall–Kier alpha value is -4.03. The van der Waals surface area contributed by atoms with Crippen LogP contribution in [0.15, 0.2) is 30.3 Å². The summed E-state index contributed by atoms with van der Waals surface area (Å²) < 4.78 is 20.0. The number of carbonyl (C=O) groups excluding carboxylic acids is 2. The van der Waals surface area contributed by atoms with Crippen molar-refractivity contribution in [2.45, 2.75) is 84.0 Å². The van der Waals surface area contributed by atoms with E-state index in [2.05, 4.69) is 27.2 Å². The van der Waals surface area contributed by atoms with Gasteiger partial charge in [-0.1, -0.05) is 18.2 Å². The lowest BCUT2D eigenvalue weighted by atomic mass is 9.92. The van der Waals surface area contributed by atoms with Crippen molar-refractivity contribution in [3.8, 4) is 5.75 Å². The standard InChI is InChI=1S/C33H43N5O7/c1-21-27(28(31(41)42)45-32(2,3)4)30-37-14-12-33(5,13-15-37)44-17-9-8-16-43-25-11-7-6-10-22(25)18-23(39)20-34-29(40)24-19-26(35-21)38(30)36-24/h6-7,10-11,19,28H,8-9,12-18,20H2,1-5H3,(H,34,40)(H,41,42)/t28-/m0/s1. The van der Waals surface area contributed by atoms with Crippen LogP contribution in [0.3, 0.4) is 0 Å². The largest absolute Gasteiger partial charge is 0.493 e. The number of nitrogens with one attached hydrogen (secondary N) is 1. The van der Waals surface area contributed by atoms with E-state index < -0.39 is 23.6 Å². The highest BCUT2D eigenvalue weighted by Crippen LogP contribution is 2.37. The summed E-state index contributed by atoms with van der Waals surface area (Å²) in [7, 11) is 0. The molecule has 45 heavy (non-hydrogen) atoms. The summed E-state index contributed by atoms with van der Waals surface area (Å²) in [5.74, 6) is -0.684. The molecule has 2 N–H and O–H groups in total. The molecule has 1 atom stereocenters. The van der Waals surface area contributed by atoms with E-state index in [-0.39, 0.29) is 30.0 Å². The molecule has 0 aliphatic carbocycles. The molecular weight excluding hydrogens is 578 g/mol. The molecule has 242 valence electrons. The number of aromatic nitrogens is 3. The number of anilines is 1. The van der Waals surface area contributed by atoms with Crippen LogP contribution in [0.4, 0.5) is 5.82 Å². The molecule has 1 amide bonds. The average Bonchev–Trinajstić information content (AvgIpc) is 3.40. The van der Waals surface area contributed by atoms with Gasteiger partial charge in [0.05, 0.1) is 29.9 Å². The van der Waals surface area contributed by atoms with Gasteiger partial charge in [0.15, 0.2) is 23.2 Å². The number of hydrogen-bond donors (Lipinski definition) is 2. The molecule has 4 bridgehead atoms. The third-order valence-corrected chi connectivity index (χ3v) is 8.17. The van der Waals surface area contributed by atoms with Crippen LogP contribution in [-0.2, 0) is 25.5 Å². The first-order chi connectivity index (χ1) is 21.3. The summed E-state index contributed by atoms with van der Waals surface area (Å²) in [5, 5.41) is 17.6. The zero-order valence-electron chi connectivity index (χ0n) is 26.7. The quantitative estimate of drug-likeness (QED) is 0.439. The minimum absolute atomic E-state index is 0.0662. The average molecular weight is 622 g/mol. The molecule has 2 aromatic heterocycles. The number of hydrogen-bond acceptors (Lipinski definition) is 9. The number of carboxylic acids is 1. The number of rotatable bonds is 3. The fraction of sp³-hybridized carbons (Fsp3) is 0.545. The van der Waals surface area contributed by atoms with Crippen molar-refractivity contribution in [3.63, 3.8) is 0 Å². The number of ketones is 1. The van der Waals surface area contributed by atoms with E-state index in [0.717, 1.165) is 18.4 Å². The van der Waals surface area contributed by atoms with Gasteiger partial charge in [0.2, 0.25) is 0 Å². The van der Waals surface area contributed by atoms with Crippen molar-refractivity contribution in [1.82, 2.24) is 19.9 Å². The maximum absolute atomic E-state index is 13.3. The van der Waals surface area contributed by atoms with Gasteiger partial charge in [-0.25, -0.2) is 9.78 Å². The number of benzene rings is 1. The Bertz CT molecular complexity index is 1570. The highest BCUT2D eigenvalue weighted by Gasteiger charge is 2.38. The van der Waals surface area contributed by atoms with Crippen molar-refractivity contribution in [2.75, 3.05) is 37.7 Å². The molecule has 1 saturated heterocycles. The third kappa shape index (κ3) is 7.62. The molecule has 12 heteroatoms. The van der Waals surface area contributed by atoms with Crippen LogP contribution in [0, 0.1) is 6.92 Å². The van der Waals surface area contributed by atoms with Gasteiger partial charge >= 0.3 is 5.97 Å². The number of ether oxygens (including phenoxy) is 3. The van der Waals surface area contributed by atoms with E-state index in [1.165, 1.54) is 4.52 Å². The normalized spacial score (nSPS) is 19.0. The predicted molar refractivity (Wildman–Crippen MR) is 167 cm³/mol. The van der Waals surface area contributed by atoms with Gasteiger partial charge in [-0.2, -0.15) is 9.61 Å². The van der Waals surface area contributed by atoms with Gasteiger partial charge in [-0.05, 0) is 66.4 Å². The molecule has 0 spiro atoms. The number of piperidine rings is 1. The lowest BCUT2D eigenvalue weighted by Crippen LogP contribution is -2.46. The molecular formula is C33H43N5O7. The molecule has 6 rings (SSSR count). The van der Waals surface area contributed by atoms with Crippen molar-refractivity contribution < 1.29 is 33.7 Å². The molecule has 3 aliphatic rings. The number of Topliss-reactive ketones (excluding diaryl/α,β-unsaturated/α-hetero) is 1. The zero-order chi connectivity index (χ0) is 32.4. The first-order valence-corrected chi connectivity index (χ1v) is 15.5. The van der Waals surface area contributed by atoms with Gasteiger partial charge in [0.25, 0.3) is 5.91 Å². The molecule has 5 heterocycles. The number of para-hydroxylation sites is 1. The Morgan fingerprint density at radius 1 is 1.13 bits per heavy atom. The predicted octanol–water partition coefficient (Wildman–Crippen LogP) is 4.07. The fourth-order valence-electron chi connectivity index (χ4n) is 5.80. The molecule has 3 aliphatic heterocycles. The van der Waals surface area contributed by atoms with E-state index in [9.17, 15) is 19.5 Å². The lowest BCUT2D eigenvalue weighted by molar-refractivity contribution is -0.160. The van der Waals surface area contributed by atoms with E-state index in [1.54, 1.807) is 33.8 Å². The van der Waals surface area contributed by atoms with Gasteiger partial charge in [-0.3, -0.25) is 9.59 Å². The maximum atomic E-state index is 13.3. The molecule has 12 nitrogen and oxygen atoms in total. The second-order valence-corrected chi connectivity index (χ2v) is 13.0. The van der Waals surface area contributed by atoms with Crippen LogP contribution in [-0.4, -0.2) is 81.4 Å². The van der Waals surface area contributed by atoms with Crippen LogP contribution in [0.1, 0.15) is 86.8 Å². The van der Waals surface area contributed by atoms with E-state index in [0.29, 0.717) is 67.6 Å². The summed E-state index contributed by atoms with van der Waals surface area (Å²) >= 11 is 0. The van der Waals surface area contributed by atoms with Gasteiger partial charge in [0, 0.05) is 43.4 Å². The maximum Gasteiger partial charge on any atom is 0.337 e. The number of aliphatic carboxylic acids is 1. The Labute approximate surface area is 263 Å². The SMILES string of the molecule is Cc1nc2cc3nn2c(c1[C@H](OC(C)(C)C)C(=O)O)N1CCC(C)(CC1)OCCCCOc1ccccc1CC(=O)CNC3=O. The van der Waals surface area contributed by atoms with Crippen molar-refractivity contribution in [2.24, 2.45) is 0 Å². The summed E-state index contributed by atoms with van der Waals surface area (Å²) in [6.07, 6.45) is 1.81. The Morgan fingerprint density at radius 3 is 2.56 bits per heavy atom. The topological polar surface area (TPSA) is 145 Å². The van der Waals surface area contributed by atoms with Gasteiger partial charge in [-0.15, -0.1) is 0 Å². The molecule has 0 saturated carbocycles. The first-order valence-electron chi connectivity index (χ1n) is 15.5. The number of carboxylic acid groups (broad SMARTS) is 1. The van der Waals surface area contributed by atoms with Crippen LogP contribution in [0.25, 0.3) is 5.65 Å². The summed E-state index contributed by atoms with van der Waals surface area (Å²) in [6.45, 7) is 11.3. The second-order valence-electron chi connectivity index (χ2n) is 13.0. The van der Waals surface area contributed by atoms with Crippen molar-refractivity contribution >= 4 is 29.1 Å². The summed E-state index contributed by atoms with van der Waals surface area (Å²) in [4.78, 5) is 45.5. The second kappa shape index (κ2) is 13.1. The highest BCUT2D eigenvalue weighted by atomic mass is 16.5. The first kappa shape index (κ1) is 32.4. The third-order valence-electron chi connectivity index (χ3n) is 8.17. The Kier molecular flexibility index (Phi) is 9.45. The van der Waals surface area contributed by atoms with Crippen LogP contribution in [0.2, 0.25) is 0 Å². The number of aryl methyl sites for hydroxylation is 1. The highest BCUT2D eigenvalue weighted by molar-refractivity contribution is 5.96. The summed E-state index contributed by atoms with van der Waals surface area (Å²) in [6, 6.07) is 8.97. The van der Waals surface area contributed by atoms with Crippen molar-refractivity contribution in [1.29, 1.82) is 0 Å². The van der Waals surface area contributed by atoms with Crippen LogP contribution >= 0.6 is 0 Å². The van der Waals surface area contributed by atoms with Gasteiger partial charge < -0.3 is 29.5 Å². The van der Waals surface area contributed by atoms with Crippen LogP contribution < -0.4 is 15.0 Å². The fourth-order valence-corrected chi connectivity index (χ4v) is 5.80. The smallest absolute Gasteiger partial charge is 0.337 e. The van der Waals surface area contributed by atoms with Crippen molar-refractivity contribution in [3.05, 3.63) is 52.8 Å². The minimum Gasteiger partial charge on any atom is -0.493 e. The molecule has 3 aromatic rings. The molecule has 0 radical (unpaired) electrons. The van der Waals surface area contributed by atoms with Crippen LogP contribution in [0.5, 0.6) is 5.75 Å². The minimum atomic E-state index is -1.32. The number of carbonyl (C=O) groups is 3. The Morgan fingerprint density at radius 2 is 1.84 bits per heavy atom. The Balaban J connectivity index is 1.54. The number of nitrogens with zero attached hydrogens (tertiary/aromatic N) is 4. The molecule has 0 unspecified atom stereocenters. The monoisotopic (exact) mass is 621 g/mol. The van der Waals surface area contributed by atoms with E-state index in [1.807, 2.05) is 24.3 Å². The molecule has 1 aromatic carbocycles. The molecule has 1 fully saturated rings. The number of fused-ring (bicyclic) bond motifs is 11. The van der Waals surface area contributed by atoms with E-state index >= 15 is 0 Å².